The molecule has 0 unspecified atom stereocenters. The van der Waals surface area contributed by atoms with E-state index in [0.717, 1.165) is 16.7 Å². The lowest BCUT2D eigenvalue weighted by Crippen LogP contribution is -2.49. The van der Waals surface area contributed by atoms with Crippen molar-refractivity contribution in [2.75, 3.05) is 0 Å². The third kappa shape index (κ3) is 5.65. The Morgan fingerprint density at radius 3 is 2.32 bits per heavy atom. The maximum atomic E-state index is 14.2. The molecule has 2 aromatic rings. The fraction of sp³-hybridized carbons (Fsp3) is 0.391. The Morgan fingerprint density at radius 1 is 1.04 bits per heavy atom. The van der Waals surface area contributed by atoms with Crippen molar-refractivity contribution in [3.8, 4) is 0 Å². The lowest BCUT2D eigenvalue weighted by Gasteiger charge is -2.29. The Hall–Kier alpha value is -2.69. The highest BCUT2D eigenvalue weighted by atomic mass is 19.1. The van der Waals surface area contributed by atoms with Crippen molar-refractivity contribution in [1.82, 2.24) is 10.2 Å². The molecular formula is C23H29FN2O2. The molecule has 0 aliphatic heterocycles. The van der Waals surface area contributed by atoms with Gasteiger partial charge in [0.05, 0.1) is 6.42 Å². The summed E-state index contributed by atoms with van der Waals surface area (Å²) >= 11 is 0. The molecule has 150 valence electrons. The Balaban J connectivity index is 2.27. The van der Waals surface area contributed by atoms with Crippen LogP contribution in [-0.2, 0) is 22.6 Å². The van der Waals surface area contributed by atoms with Gasteiger partial charge in [-0.15, -0.1) is 0 Å². The summed E-state index contributed by atoms with van der Waals surface area (Å²) in [6.45, 7) is 9.47. The minimum Gasteiger partial charge on any atom is -0.352 e. The summed E-state index contributed by atoms with van der Waals surface area (Å²) in [4.78, 5) is 27.1. The predicted molar refractivity (Wildman–Crippen MR) is 109 cm³/mol. The highest BCUT2D eigenvalue weighted by Crippen LogP contribution is 2.16. The number of nitrogens with zero attached hydrogens (tertiary/aromatic N) is 1. The van der Waals surface area contributed by atoms with Gasteiger partial charge in [0.25, 0.3) is 0 Å². The summed E-state index contributed by atoms with van der Waals surface area (Å²) in [5.74, 6) is -0.847. The van der Waals surface area contributed by atoms with Gasteiger partial charge in [-0.1, -0.05) is 36.4 Å². The lowest BCUT2D eigenvalue weighted by molar-refractivity contribution is -0.140. The Morgan fingerprint density at radius 2 is 1.71 bits per heavy atom. The first-order chi connectivity index (χ1) is 13.2. The monoisotopic (exact) mass is 384 g/mol. The van der Waals surface area contributed by atoms with E-state index in [1.807, 2.05) is 45.9 Å². The van der Waals surface area contributed by atoms with Crippen LogP contribution in [0.1, 0.15) is 43.0 Å². The molecule has 0 fully saturated rings. The Kier molecular flexibility index (Phi) is 7.32. The quantitative estimate of drug-likeness (QED) is 0.786. The van der Waals surface area contributed by atoms with Gasteiger partial charge in [0.1, 0.15) is 11.9 Å². The zero-order valence-electron chi connectivity index (χ0n) is 17.3. The molecule has 1 atom stereocenters. The van der Waals surface area contributed by atoms with Gasteiger partial charge >= 0.3 is 0 Å². The van der Waals surface area contributed by atoms with E-state index in [1.54, 1.807) is 25.1 Å². The highest BCUT2D eigenvalue weighted by Gasteiger charge is 2.27. The van der Waals surface area contributed by atoms with E-state index >= 15 is 0 Å². The number of halogens is 1. The average Bonchev–Trinajstić information content (AvgIpc) is 2.63. The van der Waals surface area contributed by atoms with Gasteiger partial charge in [-0.25, -0.2) is 4.39 Å². The number of nitrogens with one attached hydrogen (secondary N) is 1. The summed E-state index contributed by atoms with van der Waals surface area (Å²) in [7, 11) is 0. The van der Waals surface area contributed by atoms with Crippen molar-refractivity contribution >= 4 is 11.8 Å². The second-order valence-electron chi connectivity index (χ2n) is 7.55. The molecule has 0 radical (unpaired) electrons. The standard InChI is InChI=1S/C23H29FN2O2/c1-15(2)25-23(28)18(5)26(14-20-8-6-7-9-21(20)24)22(27)13-19-11-10-16(3)17(4)12-19/h6-12,15,18H,13-14H2,1-5H3,(H,25,28)/t18-/m0/s1. The number of rotatable bonds is 7. The van der Waals surface area contributed by atoms with Crippen LogP contribution in [0.15, 0.2) is 42.5 Å². The van der Waals surface area contributed by atoms with E-state index in [-0.39, 0.29) is 36.6 Å². The summed E-state index contributed by atoms with van der Waals surface area (Å²) in [6, 6.07) is 11.5. The highest BCUT2D eigenvalue weighted by molar-refractivity contribution is 5.88. The first kappa shape index (κ1) is 21.6. The van der Waals surface area contributed by atoms with Crippen LogP contribution in [0.4, 0.5) is 4.39 Å². The van der Waals surface area contributed by atoms with Gasteiger partial charge in [0.15, 0.2) is 0 Å². The molecule has 0 heterocycles. The zero-order valence-corrected chi connectivity index (χ0v) is 17.3. The molecule has 1 N–H and O–H groups in total. The number of hydrogen-bond acceptors (Lipinski definition) is 2. The molecule has 0 aliphatic rings. The molecule has 0 saturated carbocycles. The first-order valence-corrected chi connectivity index (χ1v) is 9.58. The smallest absolute Gasteiger partial charge is 0.242 e. The molecule has 0 bridgehead atoms. The summed E-state index contributed by atoms with van der Waals surface area (Å²) in [6.07, 6.45) is 0.162. The Bertz CT molecular complexity index is 848. The number of hydrogen-bond donors (Lipinski definition) is 1. The van der Waals surface area contributed by atoms with Crippen molar-refractivity contribution in [2.45, 2.75) is 59.7 Å². The van der Waals surface area contributed by atoms with Crippen molar-refractivity contribution in [3.63, 3.8) is 0 Å². The van der Waals surface area contributed by atoms with Crippen LogP contribution in [0.5, 0.6) is 0 Å². The Labute approximate surface area is 166 Å². The topological polar surface area (TPSA) is 49.4 Å². The average molecular weight is 384 g/mol. The van der Waals surface area contributed by atoms with Crippen LogP contribution in [0.2, 0.25) is 0 Å². The van der Waals surface area contributed by atoms with E-state index < -0.39 is 6.04 Å². The lowest BCUT2D eigenvalue weighted by atomic mass is 10.0. The van der Waals surface area contributed by atoms with Crippen molar-refractivity contribution in [3.05, 3.63) is 70.5 Å². The van der Waals surface area contributed by atoms with Gasteiger partial charge in [0.2, 0.25) is 11.8 Å². The van der Waals surface area contributed by atoms with E-state index in [4.69, 9.17) is 0 Å². The maximum Gasteiger partial charge on any atom is 0.242 e. The fourth-order valence-electron chi connectivity index (χ4n) is 2.99. The molecule has 0 aromatic heterocycles. The predicted octanol–water partition coefficient (Wildman–Crippen LogP) is 3.93. The molecule has 2 rings (SSSR count). The van der Waals surface area contributed by atoms with Crippen molar-refractivity contribution in [2.24, 2.45) is 0 Å². The van der Waals surface area contributed by atoms with E-state index in [1.165, 1.54) is 11.0 Å². The minimum absolute atomic E-state index is 0.0416. The van der Waals surface area contributed by atoms with Crippen molar-refractivity contribution < 1.29 is 14.0 Å². The minimum atomic E-state index is -0.707. The van der Waals surface area contributed by atoms with Gasteiger partial charge in [-0.05, 0) is 57.4 Å². The fourth-order valence-corrected chi connectivity index (χ4v) is 2.99. The van der Waals surface area contributed by atoms with E-state index in [9.17, 15) is 14.0 Å². The SMILES string of the molecule is Cc1ccc(CC(=O)N(Cc2ccccc2F)[C@@H](C)C(=O)NC(C)C)cc1C. The summed E-state index contributed by atoms with van der Waals surface area (Å²) < 4.78 is 14.2. The molecule has 0 aliphatic carbocycles. The van der Waals surface area contributed by atoms with Gasteiger partial charge < -0.3 is 10.2 Å². The molecule has 4 nitrogen and oxygen atoms in total. The van der Waals surface area contributed by atoms with Gasteiger partial charge in [-0.2, -0.15) is 0 Å². The molecule has 2 amide bonds. The van der Waals surface area contributed by atoms with Gasteiger partial charge in [0, 0.05) is 18.2 Å². The van der Waals surface area contributed by atoms with Gasteiger partial charge in [-0.3, -0.25) is 9.59 Å². The number of carbonyl (C=O) groups is 2. The summed E-state index contributed by atoms with van der Waals surface area (Å²) in [5.41, 5.74) is 3.53. The van der Waals surface area contributed by atoms with Crippen LogP contribution >= 0.6 is 0 Å². The van der Waals surface area contributed by atoms with Crippen LogP contribution in [0.25, 0.3) is 0 Å². The molecule has 2 aromatic carbocycles. The number of aryl methyl sites for hydroxylation is 2. The number of amides is 2. The first-order valence-electron chi connectivity index (χ1n) is 9.58. The molecular weight excluding hydrogens is 355 g/mol. The maximum absolute atomic E-state index is 14.2. The van der Waals surface area contributed by atoms with E-state index in [2.05, 4.69) is 5.32 Å². The largest absolute Gasteiger partial charge is 0.352 e. The second-order valence-corrected chi connectivity index (χ2v) is 7.55. The van der Waals surface area contributed by atoms with Crippen LogP contribution < -0.4 is 5.32 Å². The number of carbonyl (C=O) groups excluding carboxylic acids is 2. The summed E-state index contributed by atoms with van der Waals surface area (Å²) in [5, 5.41) is 2.83. The molecule has 0 saturated heterocycles. The normalized spacial score (nSPS) is 12.0. The van der Waals surface area contributed by atoms with Crippen LogP contribution in [-0.4, -0.2) is 28.8 Å². The number of benzene rings is 2. The third-order valence-corrected chi connectivity index (χ3v) is 4.82. The zero-order chi connectivity index (χ0) is 20.8. The molecule has 28 heavy (non-hydrogen) atoms. The second kappa shape index (κ2) is 9.49. The van der Waals surface area contributed by atoms with Crippen LogP contribution in [0, 0.1) is 19.7 Å². The van der Waals surface area contributed by atoms with Crippen LogP contribution in [0.3, 0.4) is 0 Å². The van der Waals surface area contributed by atoms with Crippen molar-refractivity contribution in [1.29, 1.82) is 0 Å². The van der Waals surface area contributed by atoms with E-state index in [0.29, 0.717) is 5.56 Å². The molecule has 5 heteroatoms. The third-order valence-electron chi connectivity index (χ3n) is 4.82. The molecule has 0 spiro atoms.